The van der Waals surface area contributed by atoms with Crippen LogP contribution in [0.4, 0.5) is 5.69 Å². The molecule has 0 bridgehead atoms. The number of carbonyl (C=O) groups is 2. The molecule has 0 saturated carbocycles. The van der Waals surface area contributed by atoms with Crippen LogP contribution in [0.5, 0.6) is 11.5 Å². The van der Waals surface area contributed by atoms with Gasteiger partial charge >= 0.3 is 5.97 Å². The molecule has 2 aromatic rings. The highest BCUT2D eigenvalue weighted by molar-refractivity contribution is 5.94. The van der Waals surface area contributed by atoms with Gasteiger partial charge < -0.3 is 19.5 Å². The zero-order chi connectivity index (χ0) is 18.9. The molecule has 138 valence electrons. The zero-order valence-electron chi connectivity index (χ0n) is 15.2. The molecule has 0 aliphatic rings. The van der Waals surface area contributed by atoms with Gasteiger partial charge in [-0.15, -0.1) is 0 Å². The molecule has 2 rings (SSSR count). The summed E-state index contributed by atoms with van der Waals surface area (Å²) in [4.78, 5) is 23.8. The predicted octanol–water partition coefficient (Wildman–Crippen LogP) is 3.26. The summed E-state index contributed by atoms with van der Waals surface area (Å²) in [6, 6.07) is 12.8. The highest BCUT2D eigenvalue weighted by Gasteiger charge is 2.12. The summed E-state index contributed by atoms with van der Waals surface area (Å²) in [6.07, 6.45) is 0. The molecule has 0 atom stereocenters. The van der Waals surface area contributed by atoms with Gasteiger partial charge in [0, 0.05) is 0 Å². The maximum atomic E-state index is 12.0. The first-order valence-electron chi connectivity index (χ1n) is 8.37. The number of carbonyl (C=O) groups excluding carboxylic acids is 2. The predicted molar refractivity (Wildman–Crippen MR) is 98.6 cm³/mol. The van der Waals surface area contributed by atoms with Gasteiger partial charge in [-0.3, -0.25) is 4.79 Å². The van der Waals surface area contributed by atoms with Crippen molar-refractivity contribution in [3.63, 3.8) is 0 Å². The Hall–Kier alpha value is -3.02. The van der Waals surface area contributed by atoms with E-state index in [1.54, 1.807) is 18.2 Å². The molecule has 0 aliphatic heterocycles. The molecule has 1 N–H and O–H groups in total. The van der Waals surface area contributed by atoms with E-state index in [1.807, 2.05) is 45.0 Å². The third kappa shape index (κ3) is 5.51. The van der Waals surface area contributed by atoms with Crippen molar-refractivity contribution in [2.45, 2.75) is 20.8 Å². The summed E-state index contributed by atoms with van der Waals surface area (Å²) < 4.78 is 15.9. The van der Waals surface area contributed by atoms with Crippen LogP contribution < -0.4 is 14.8 Å². The van der Waals surface area contributed by atoms with E-state index < -0.39 is 18.5 Å². The Morgan fingerprint density at radius 2 is 1.62 bits per heavy atom. The third-order valence-electron chi connectivity index (χ3n) is 3.57. The highest BCUT2D eigenvalue weighted by atomic mass is 16.6. The molecular formula is C20H23NO5. The van der Waals surface area contributed by atoms with Gasteiger partial charge in [-0.05, 0) is 44.0 Å². The number of amides is 1. The van der Waals surface area contributed by atoms with E-state index in [9.17, 15) is 9.59 Å². The normalized spacial score (nSPS) is 10.1. The van der Waals surface area contributed by atoms with E-state index in [2.05, 4.69) is 5.32 Å². The Bertz CT molecular complexity index is 752. The maximum Gasteiger partial charge on any atom is 0.344 e. The molecule has 0 radical (unpaired) electrons. The largest absolute Gasteiger partial charge is 0.492 e. The second-order valence-corrected chi connectivity index (χ2v) is 5.65. The highest BCUT2D eigenvalue weighted by Crippen LogP contribution is 2.24. The smallest absolute Gasteiger partial charge is 0.344 e. The van der Waals surface area contributed by atoms with E-state index in [-0.39, 0.29) is 6.61 Å². The molecule has 1 amide bonds. The number of aryl methyl sites for hydroxylation is 2. The number of esters is 1. The molecule has 6 nitrogen and oxygen atoms in total. The van der Waals surface area contributed by atoms with Crippen LogP contribution in [-0.4, -0.2) is 31.7 Å². The number of benzene rings is 2. The van der Waals surface area contributed by atoms with Crippen molar-refractivity contribution in [1.29, 1.82) is 0 Å². The van der Waals surface area contributed by atoms with Crippen LogP contribution >= 0.6 is 0 Å². The monoisotopic (exact) mass is 357 g/mol. The maximum absolute atomic E-state index is 12.0. The Kier molecular flexibility index (Phi) is 7.02. The Morgan fingerprint density at radius 1 is 0.923 bits per heavy atom. The van der Waals surface area contributed by atoms with Gasteiger partial charge in [-0.25, -0.2) is 4.79 Å². The lowest BCUT2D eigenvalue weighted by Crippen LogP contribution is -2.24. The van der Waals surface area contributed by atoms with Crippen molar-refractivity contribution in [2.75, 3.05) is 25.1 Å². The van der Waals surface area contributed by atoms with Gasteiger partial charge in [0.15, 0.2) is 13.2 Å². The number of nitrogens with one attached hydrogen (secondary N) is 1. The third-order valence-corrected chi connectivity index (χ3v) is 3.57. The van der Waals surface area contributed by atoms with Gasteiger partial charge in [-0.1, -0.05) is 30.3 Å². The molecular weight excluding hydrogens is 334 g/mol. The number of hydrogen-bond donors (Lipinski definition) is 1. The Labute approximate surface area is 153 Å². The number of para-hydroxylation sites is 3. The minimum atomic E-state index is -0.610. The molecule has 0 fully saturated rings. The fourth-order valence-electron chi connectivity index (χ4n) is 2.38. The molecule has 0 saturated heterocycles. The van der Waals surface area contributed by atoms with Crippen molar-refractivity contribution < 1.29 is 23.8 Å². The van der Waals surface area contributed by atoms with Gasteiger partial charge in [0.25, 0.3) is 5.91 Å². The topological polar surface area (TPSA) is 73.9 Å². The fraction of sp³-hybridized carbons (Fsp3) is 0.300. The summed E-state index contributed by atoms with van der Waals surface area (Å²) in [5.41, 5.74) is 2.40. The van der Waals surface area contributed by atoms with Crippen molar-refractivity contribution in [1.82, 2.24) is 0 Å². The zero-order valence-corrected chi connectivity index (χ0v) is 15.2. The van der Waals surface area contributed by atoms with E-state index in [4.69, 9.17) is 14.2 Å². The van der Waals surface area contributed by atoms with E-state index in [0.717, 1.165) is 11.1 Å². The Balaban J connectivity index is 1.81. The van der Waals surface area contributed by atoms with Crippen LogP contribution in [0.25, 0.3) is 0 Å². The lowest BCUT2D eigenvalue weighted by Gasteiger charge is -2.12. The van der Waals surface area contributed by atoms with Gasteiger partial charge in [0.1, 0.15) is 11.5 Å². The average molecular weight is 357 g/mol. The lowest BCUT2D eigenvalue weighted by molar-refractivity contribution is -0.149. The molecule has 6 heteroatoms. The van der Waals surface area contributed by atoms with Crippen molar-refractivity contribution in [3.05, 3.63) is 53.6 Å². The van der Waals surface area contributed by atoms with Crippen LogP contribution in [0, 0.1) is 13.8 Å². The number of rotatable bonds is 8. The van der Waals surface area contributed by atoms with Crippen molar-refractivity contribution in [2.24, 2.45) is 0 Å². The Morgan fingerprint density at radius 3 is 2.31 bits per heavy atom. The SMILES string of the molecule is CCOc1ccccc1NC(=O)COC(=O)COc1c(C)cccc1C. The molecule has 2 aromatic carbocycles. The van der Waals surface area contributed by atoms with Crippen molar-refractivity contribution in [3.8, 4) is 11.5 Å². The number of hydrogen-bond acceptors (Lipinski definition) is 5. The van der Waals surface area contributed by atoms with Crippen LogP contribution in [0.15, 0.2) is 42.5 Å². The summed E-state index contributed by atoms with van der Waals surface area (Å²) >= 11 is 0. The van der Waals surface area contributed by atoms with Crippen molar-refractivity contribution >= 4 is 17.6 Å². The van der Waals surface area contributed by atoms with E-state index >= 15 is 0 Å². The molecule has 0 aliphatic carbocycles. The molecule has 0 unspecified atom stereocenters. The summed E-state index contributed by atoms with van der Waals surface area (Å²) in [7, 11) is 0. The lowest BCUT2D eigenvalue weighted by atomic mass is 10.1. The molecule has 0 aromatic heterocycles. The number of anilines is 1. The van der Waals surface area contributed by atoms with Crippen LogP contribution in [0.2, 0.25) is 0 Å². The first kappa shape index (κ1) is 19.3. The number of ether oxygens (including phenoxy) is 3. The molecule has 26 heavy (non-hydrogen) atoms. The second kappa shape index (κ2) is 9.46. The summed E-state index contributed by atoms with van der Waals surface area (Å²) in [6.45, 7) is 5.49. The van der Waals surface area contributed by atoms with Gasteiger partial charge in [-0.2, -0.15) is 0 Å². The first-order valence-corrected chi connectivity index (χ1v) is 8.37. The van der Waals surface area contributed by atoms with Gasteiger partial charge in [0.2, 0.25) is 0 Å². The molecule has 0 spiro atoms. The second-order valence-electron chi connectivity index (χ2n) is 5.65. The van der Waals surface area contributed by atoms with Gasteiger partial charge in [0.05, 0.1) is 12.3 Å². The van der Waals surface area contributed by atoms with E-state index in [0.29, 0.717) is 23.8 Å². The minimum absolute atomic E-state index is 0.255. The van der Waals surface area contributed by atoms with Crippen LogP contribution in [-0.2, 0) is 14.3 Å². The standard InChI is InChI=1S/C20H23NO5/c1-4-24-17-11-6-5-10-16(17)21-18(22)12-25-19(23)13-26-20-14(2)8-7-9-15(20)3/h5-11H,4,12-13H2,1-3H3,(H,21,22). The quantitative estimate of drug-likeness (QED) is 0.734. The van der Waals surface area contributed by atoms with Crippen LogP contribution in [0.3, 0.4) is 0 Å². The average Bonchev–Trinajstić information content (AvgIpc) is 2.61. The summed E-state index contributed by atoms with van der Waals surface area (Å²) in [5, 5.41) is 2.66. The molecule has 0 heterocycles. The fourth-order valence-corrected chi connectivity index (χ4v) is 2.38. The summed E-state index contributed by atoms with van der Waals surface area (Å²) in [5.74, 6) is 0.158. The first-order chi connectivity index (χ1) is 12.5. The van der Waals surface area contributed by atoms with Crippen LogP contribution in [0.1, 0.15) is 18.1 Å². The van der Waals surface area contributed by atoms with E-state index in [1.165, 1.54) is 0 Å². The minimum Gasteiger partial charge on any atom is -0.492 e.